The SMILES string of the molecule is COCCn1ncc(Br)c1C(=O)CNc1ccccc1. The zero-order valence-electron chi connectivity index (χ0n) is 11.2. The minimum absolute atomic E-state index is 0.0191. The first-order valence-corrected chi connectivity index (χ1v) is 7.04. The zero-order valence-corrected chi connectivity index (χ0v) is 12.8. The Kier molecular flexibility index (Phi) is 5.31. The Morgan fingerprint density at radius 2 is 2.15 bits per heavy atom. The normalized spacial score (nSPS) is 10.5. The number of halogens is 1. The number of ether oxygens (including phenoxy) is 1. The largest absolute Gasteiger partial charge is 0.383 e. The second kappa shape index (κ2) is 7.21. The number of nitrogens with one attached hydrogen (secondary N) is 1. The second-order valence-corrected chi connectivity index (χ2v) is 5.05. The summed E-state index contributed by atoms with van der Waals surface area (Å²) in [6, 6.07) is 9.62. The Morgan fingerprint density at radius 3 is 2.85 bits per heavy atom. The van der Waals surface area contributed by atoms with Gasteiger partial charge in [-0.2, -0.15) is 5.10 Å². The number of ketones is 1. The van der Waals surface area contributed by atoms with Crippen LogP contribution in [0.25, 0.3) is 0 Å². The number of carbonyl (C=O) groups is 1. The second-order valence-electron chi connectivity index (χ2n) is 4.20. The number of anilines is 1. The molecule has 0 aliphatic rings. The molecule has 0 saturated heterocycles. The summed E-state index contributed by atoms with van der Waals surface area (Å²) in [5.41, 5.74) is 1.48. The maximum atomic E-state index is 12.3. The van der Waals surface area contributed by atoms with E-state index in [4.69, 9.17) is 4.74 Å². The highest BCUT2D eigenvalue weighted by Crippen LogP contribution is 2.17. The monoisotopic (exact) mass is 337 g/mol. The molecule has 20 heavy (non-hydrogen) atoms. The van der Waals surface area contributed by atoms with Crippen LogP contribution < -0.4 is 5.32 Å². The van der Waals surface area contributed by atoms with E-state index in [0.29, 0.717) is 23.3 Å². The molecule has 106 valence electrons. The minimum Gasteiger partial charge on any atom is -0.383 e. The summed E-state index contributed by atoms with van der Waals surface area (Å²) in [6.45, 7) is 1.29. The van der Waals surface area contributed by atoms with Gasteiger partial charge in [0, 0.05) is 12.8 Å². The van der Waals surface area contributed by atoms with Crippen LogP contribution in [0, 0.1) is 0 Å². The first kappa shape index (κ1) is 14.7. The van der Waals surface area contributed by atoms with Crippen molar-refractivity contribution in [2.45, 2.75) is 6.54 Å². The van der Waals surface area contributed by atoms with Crippen molar-refractivity contribution in [2.24, 2.45) is 0 Å². The summed E-state index contributed by atoms with van der Waals surface area (Å²) in [4.78, 5) is 12.3. The van der Waals surface area contributed by atoms with Gasteiger partial charge in [0.1, 0.15) is 5.69 Å². The van der Waals surface area contributed by atoms with Gasteiger partial charge in [-0.3, -0.25) is 9.48 Å². The summed E-state index contributed by atoms with van der Waals surface area (Å²) in [7, 11) is 1.62. The quantitative estimate of drug-likeness (QED) is 0.789. The van der Waals surface area contributed by atoms with Crippen molar-refractivity contribution in [3.63, 3.8) is 0 Å². The molecule has 0 amide bonds. The molecule has 5 nitrogen and oxygen atoms in total. The molecule has 1 aromatic carbocycles. The van der Waals surface area contributed by atoms with Crippen molar-refractivity contribution in [1.29, 1.82) is 0 Å². The van der Waals surface area contributed by atoms with Gasteiger partial charge in [0.2, 0.25) is 5.78 Å². The van der Waals surface area contributed by atoms with Crippen molar-refractivity contribution in [2.75, 3.05) is 25.6 Å². The van der Waals surface area contributed by atoms with E-state index in [1.54, 1.807) is 18.0 Å². The minimum atomic E-state index is -0.0191. The summed E-state index contributed by atoms with van der Waals surface area (Å²) in [5.74, 6) is -0.0191. The maximum Gasteiger partial charge on any atom is 0.200 e. The average Bonchev–Trinajstić information content (AvgIpc) is 2.84. The van der Waals surface area contributed by atoms with Gasteiger partial charge in [-0.1, -0.05) is 18.2 Å². The van der Waals surface area contributed by atoms with Crippen LogP contribution in [0.2, 0.25) is 0 Å². The lowest BCUT2D eigenvalue weighted by Gasteiger charge is -2.08. The molecule has 6 heteroatoms. The van der Waals surface area contributed by atoms with Crippen molar-refractivity contribution < 1.29 is 9.53 Å². The molecule has 0 bridgehead atoms. The van der Waals surface area contributed by atoms with Crippen LogP contribution in [-0.4, -0.2) is 35.8 Å². The Hall–Kier alpha value is -1.66. The maximum absolute atomic E-state index is 12.3. The number of nitrogens with zero attached hydrogens (tertiary/aromatic N) is 2. The molecule has 0 spiro atoms. The van der Waals surface area contributed by atoms with E-state index in [1.807, 2.05) is 30.3 Å². The van der Waals surface area contributed by atoms with Crippen molar-refractivity contribution in [1.82, 2.24) is 9.78 Å². The lowest BCUT2D eigenvalue weighted by Crippen LogP contribution is -2.20. The number of aromatic nitrogens is 2. The Labute approximate surface area is 126 Å². The average molecular weight is 338 g/mol. The highest BCUT2D eigenvalue weighted by atomic mass is 79.9. The van der Waals surface area contributed by atoms with Gasteiger partial charge in [0.05, 0.1) is 30.4 Å². The van der Waals surface area contributed by atoms with Gasteiger partial charge >= 0.3 is 0 Å². The fourth-order valence-corrected chi connectivity index (χ4v) is 2.33. The molecule has 1 N–H and O–H groups in total. The summed E-state index contributed by atoms with van der Waals surface area (Å²) in [6.07, 6.45) is 1.63. The lowest BCUT2D eigenvalue weighted by atomic mass is 10.2. The number of hydrogen-bond donors (Lipinski definition) is 1. The lowest BCUT2D eigenvalue weighted by molar-refractivity contribution is 0.0991. The molecule has 1 aromatic heterocycles. The van der Waals surface area contributed by atoms with Gasteiger partial charge in [0.25, 0.3) is 0 Å². The summed E-state index contributed by atoms with van der Waals surface area (Å²) >= 11 is 3.36. The Balaban J connectivity index is 2.03. The number of hydrogen-bond acceptors (Lipinski definition) is 4. The van der Waals surface area contributed by atoms with Gasteiger partial charge in [-0.15, -0.1) is 0 Å². The number of methoxy groups -OCH3 is 1. The van der Waals surface area contributed by atoms with E-state index >= 15 is 0 Å². The molecule has 0 fully saturated rings. The molecule has 2 aromatic rings. The fourth-order valence-electron chi connectivity index (χ4n) is 1.81. The molecule has 0 radical (unpaired) electrons. The predicted octanol–water partition coefficient (Wildman–Crippen LogP) is 2.59. The van der Waals surface area contributed by atoms with Gasteiger partial charge < -0.3 is 10.1 Å². The molecule has 0 aliphatic heterocycles. The van der Waals surface area contributed by atoms with E-state index in [0.717, 1.165) is 5.69 Å². The van der Waals surface area contributed by atoms with Crippen LogP contribution in [0.15, 0.2) is 41.0 Å². The highest BCUT2D eigenvalue weighted by Gasteiger charge is 2.16. The zero-order chi connectivity index (χ0) is 14.4. The van der Waals surface area contributed by atoms with E-state index in [-0.39, 0.29) is 12.3 Å². The van der Waals surface area contributed by atoms with Crippen LogP contribution in [0.3, 0.4) is 0 Å². The van der Waals surface area contributed by atoms with E-state index in [9.17, 15) is 4.79 Å². The molecule has 0 aliphatic carbocycles. The molecule has 2 rings (SSSR count). The van der Waals surface area contributed by atoms with Gasteiger partial charge in [0.15, 0.2) is 0 Å². The Bertz CT molecular complexity index is 569. The molecule has 0 saturated carbocycles. The van der Waals surface area contributed by atoms with Gasteiger partial charge in [-0.05, 0) is 28.1 Å². The summed E-state index contributed by atoms with van der Waals surface area (Å²) < 4.78 is 7.37. The van der Waals surface area contributed by atoms with E-state index in [2.05, 4.69) is 26.3 Å². The molecule has 0 unspecified atom stereocenters. The highest BCUT2D eigenvalue weighted by molar-refractivity contribution is 9.10. The number of para-hydroxylation sites is 1. The molecular formula is C14H16BrN3O2. The van der Waals surface area contributed by atoms with Crippen LogP contribution >= 0.6 is 15.9 Å². The topological polar surface area (TPSA) is 56.2 Å². The predicted molar refractivity (Wildman–Crippen MR) is 81.1 cm³/mol. The molecule has 1 heterocycles. The molecular weight excluding hydrogens is 322 g/mol. The van der Waals surface area contributed by atoms with Gasteiger partial charge in [-0.25, -0.2) is 0 Å². The standard InChI is InChI=1S/C14H16BrN3O2/c1-20-8-7-18-14(12(15)9-17-18)13(19)10-16-11-5-3-2-4-6-11/h2-6,9,16H,7-8,10H2,1H3. The van der Waals surface area contributed by atoms with Crippen LogP contribution in [0.1, 0.15) is 10.5 Å². The third-order valence-corrected chi connectivity index (χ3v) is 3.37. The third-order valence-electron chi connectivity index (χ3n) is 2.79. The Morgan fingerprint density at radius 1 is 1.40 bits per heavy atom. The smallest absolute Gasteiger partial charge is 0.200 e. The van der Waals surface area contributed by atoms with E-state index < -0.39 is 0 Å². The van der Waals surface area contributed by atoms with Crippen LogP contribution in [0.4, 0.5) is 5.69 Å². The van der Waals surface area contributed by atoms with Crippen LogP contribution in [-0.2, 0) is 11.3 Å². The van der Waals surface area contributed by atoms with Crippen molar-refractivity contribution in [3.05, 3.63) is 46.7 Å². The van der Waals surface area contributed by atoms with Crippen LogP contribution in [0.5, 0.6) is 0 Å². The summed E-state index contributed by atoms with van der Waals surface area (Å²) in [5, 5.41) is 7.27. The number of Topliss-reactive ketones (excluding diaryl/α,β-unsaturated/α-hetero) is 1. The van der Waals surface area contributed by atoms with Crippen molar-refractivity contribution >= 4 is 27.4 Å². The number of rotatable bonds is 7. The third kappa shape index (κ3) is 3.68. The number of carbonyl (C=O) groups excluding carboxylic acids is 1. The van der Waals surface area contributed by atoms with Crippen molar-refractivity contribution in [3.8, 4) is 0 Å². The molecule has 0 atom stereocenters. The first-order valence-electron chi connectivity index (χ1n) is 6.24. The number of benzene rings is 1. The van der Waals surface area contributed by atoms with E-state index in [1.165, 1.54) is 0 Å². The fraction of sp³-hybridized carbons (Fsp3) is 0.286. The first-order chi connectivity index (χ1) is 9.72.